The Kier molecular flexibility index (Phi) is 6.15. The third-order valence-electron chi connectivity index (χ3n) is 9.53. The second-order valence-corrected chi connectivity index (χ2v) is 12.4. The van der Waals surface area contributed by atoms with E-state index in [4.69, 9.17) is 19.4 Å². The van der Waals surface area contributed by atoms with Crippen molar-refractivity contribution >= 4 is 54.3 Å². The van der Waals surface area contributed by atoms with Crippen molar-refractivity contribution in [3.8, 4) is 45.3 Å². The third kappa shape index (κ3) is 4.49. The van der Waals surface area contributed by atoms with Crippen LogP contribution in [0.25, 0.3) is 99.5 Å². The Morgan fingerprint density at radius 1 is 0.306 bits per heavy atom. The van der Waals surface area contributed by atoms with Gasteiger partial charge in [-0.3, -0.25) is 0 Å². The molecule has 49 heavy (non-hydrogen) atoms. The molecule has 0 spiro atoms. The minimum Gasteiger partial charge on any atom is -0.456 e. The normalized spacial score (nSPS) is 11.7. The zero-order valence-electron chi connectivity index (χ0n) is 26.3. The summed E-state index contributed by atoms with van der Waals surface area (Å²) in [4.78, 5) is 15.1. The van der Waals surface area contributed by atoms with Gasteiger partial charge in [0, 0.05) is 27.5 Å². The quantitative estimate of drug-likeness (QED) is 0.183. The maximum atomic E-state index is 6.21. The first kappa shape index (κ1) is 27.5. The molecule has 0 atom stereocenters. The molecule has 10 aromatic rings. The first-order valence-corrected chi connectivity index (χ1v) is 16.4. The van der Waals surface area contributed by atoms with Crippen molar-refractivity contribution in [1.82, 2.24) is 15.0 Å². The highest BCUT2D eigenvalue weighted by Gasteiger charge is 2.18. The summed E-state index contributed by atoms with van der Waals surface area (Å²) in [5, 5.41) is 9.56. The van der Waals surface area contributed by atoms with E-state index in [2.05, 4.69) is 103 Å². The lowest BCUT2D eigenvalue weighted by Gasteiger charge is -2.13. The summed E-state index contributed by atoms with van der Waals surface area (Å²) in [5.41, 5.74) is 6.75. The van der Waals surface area contributed by atoms with E-state index in [-0.39, 0.29) is 0 Å². The van der Waals surface area contributed by atoms with Crippen LogP contribution in [0.2, 0.25) is 0 Å². The van der Waals surface area contributed by atoms with Crippen molar-refractivity contribution in [2.75, 3.05) is 0 Å². The summed E-state index contributed by atoms with van der Waals surface area (Å²) in [6.45, 7) is 0. The second-order valence-electron chi connectivity index (χ2n) is 12.4. The molecule has 0 aliphatic heterocycles. The van der Waals surface area contributed by atoms with Crippen LogP contribution in [0.1, 0.15) is 0 Å². The Bertz CT molecular complexity index is 2870. The minimum absolute atomic E-state index is 0.609. The molecule has 10 rings (SSSR count). The molecule has 0 unspecified atom stereocenters. The standard InChI is InChI=1S/C45H27N3O/c1-2-11-31(12-3-1)43-46-44(48-45(47-43)38-17-9-19-40-42(38)37-15-6-7-18-39(37)49-40)32-22-20-29(21-23-32)34-16-8-13-30-25-26-35-33-14-5-4-10-28(33)24-27-36(35)41(30)34/h1-27H. The van der Waals surface area contributed by atoms with E-state index in [1.54, 1.807) is 0 Å². The van der Waals surface area contributed by atoms with Gasteiger partial charge in [0.25, 0.3) is 0 Å². The van der Waals surface area contributed by atoms with Crippen molar-refractivity contribution in [3.05, 3.63) is 164 Å². The van der Waals surface area contributed by atoms with Crippen molar-refractivity contribution in [1.29, 1.82) is 0 Å². The third-order valence-corrected chi connectivity index (χ3v) is 9.53. The number of benzene rings is 8. The monoisotopic (exact) mass is 625 g/mol. The van der Waals surface area contributed by atoms with Gasteiger partial charge in [-0.15, -0.1) is 0 Å². The molecule has 0 fully saturated rings. The number of rotatable bonds is 4. The highest BCUT2D eigenvalue weighted by atomic mass is 16.3. The fraction of sp³-hybridized carbons (Fsp3) is 0. The number of hydrogen-bond acceptors (Lipinski definition) is 4. The minimum atomic E-state index is 0.609. The summed E-state index contributed by atoms with van der Waals surface area (Å²) in [6.07, 6.45) is 0. The van der Waals surface area contributed by atoms with Gasteiger partial charge in [0.2, 0.25) is 0 Å². The summed E-state index contributed by atoms with van der Waals surface area (Å²) in [5.74, 6) is 1.86. The van der Waals surface area contributed by atoms with E-state index in [0.717, 1.165) is 44.2 Å². The number of aromatic nitrogens is 3. The molecule has 0 aliphatic rings. The van der Waals surface area contributed by atoms with Gasteiger partial charge in [0.15, 0.2) is 17.5 Å². The van der Waals surface area contributed by atoms with Gasteiger partial charge in [0.05, 0.1) is 0 Å². The molecular formula is C45H27N3O. The number of furan rings is 1. The van der Waals surface area contributed by atoms with Crippen LogP contribution in [0.15, 0.2) is 168 Å². The van der Waals surface area contributed by atoms with Crippen LogP contribution < -0.4 is 0 Å². The predicted octanol–water partition coefficient (Wildman–Crippen LogP) is 11.9. The summed E-state index contributed by atoms with van der Waals surface area (Å²) >= 11 is 0. The molecule has 4 nitrogen and oxygen atoms in total. The van der Waals surface area contributed by atoms with E-state index in [1.165, 1.54) is 37.9 Å². The van der Waals surface area contributed by atoms with E-state index < -0.39 is 0 Å². The summed E-state index contributed by atoms with van der Waals surface area (Å²) in [7, 11) is 0. The highest BCUT2D eigenvalue weighted by molar-refractivity contribution is 6.21. The first-order valence-electron chi connectivity index (χ1n) is 16.4. The van der Waals surface area contributed by atoms with Crippen molar-refractivity contribution in [2.45, 2.75) is 0 Å². The number of nitrogens with zero attached hydrogens (tertiary/aromatic N) is 3. The lowest BCUT2D eigenvalue weighted by Crippen LogP contribution is -2.00. The van der Waals surface area contributed by atoms with Gasteiger partial charge < -0.3 is 4.42 Å². The largest absolute Gasteiger partial charge is 0.456 e. The Labute approximate surface area is 282 Å². The molecular weight excluding hydrogens is 599 g/mol. The molecule has 2 heterocycles. The molecule has 8 aromatic carbocycles. The van der Waals surface area contributed by atoms with Crippen LogP contribution in [0, 0.1) is 0 Å². The van der Waals surface area contributed by atoms with Gasteiger partial charge in [-0.1, -0.05) is 152 Å². The van der Waals surface area contributed by atoms with Crippen LogP contribution in [-0.4, -0.2) is 15.0 Å². The predicted molar refractivity (Wildman–Crippen MR) is 201 cm³/mol. The van der Waals surface area contributed by atoms with Gasteiger partial charge in [0.1, 0.15) is 11.2 Å². The zero-order chi connectivity index (χ0) is 32.3. The fourth-order valence-corrected chi connectivity index (χ4v) is 7.22. The number of para-hydroxylation sites is 1. The Morgan fingerprint density at radius 3 is 1.76 bits per heavy atom. The molecule has 0 N–H and O–H groups in total. The summed E-state index contributed by atoms with van der Waals surface area (Å²) < 4.78 is 6.21. The fourth-order valence-electron chi connectivity index (χ4n) is 7.22. The average molecular weight is 626 g/mol. The second kappa shape index (κ2) is 11.0. The van der Waals surface area contributed by atoms with Crippen LogP contribution in [-0.2, 0) is 0 Å². The molecule has 0 saturated heterocycles. The highest BCUT2D eigenvalue weighted by Crippen LogP contribution is 2.39. The molecule has 0 amide bonds. The molecule has 0 radical (unpaired) electrons. The van der Waals surface area contributed by atoms with Crippen LogP contribution >= 0.6 is 0 Å². The van der Waals surface area contributed by atoms with Gasteiger partial charge in [-0.2, -0.15) is 0 Å². The van der Waals surface area contributed by atoms with Crippen molar-refractivity contribution in [2.24, 2.45) is 0 Å². The maximum absolute atomic E-state index is 6.21. The molecule has 228 valence electrons. The maximum Gasteiger partial charge on any atom is 0.164 e. The van der Waals surface area contributed by atoms with E-state index in [0.29, 0.717) is 17.5 Å². The van der Waals surface area contributed by atoms with E-state index in [1.807, 2.05) is 60.7 Å². The van der Waals surface area contributed by atoms with Gasteiger partial charge in [-0.25, -0.2) is 15.0 Å². The van der Waals surface area contributed by atoms with Gasteiger partial charge in [-0.05, 0) is 55.6 Å². The van der Waals surface area contributed by atoms with Crippen LogP contribution in [0.3, 0.4) is 0 Å². The molecule has 2 aromatic heterocycles. The average Bonchev–Trinajstić information content (AvgIpc) is 3.57. The van der Waals surface area contributed by atoms with E-state index >= 15 is 0 Å². The van der Waals surface area contributed by atoms with Gasteiger partial charge >= 0.3 is 0 Å². The topological polar surface area (TPSA) is 51.8 Å². The SMILES string of the molecule is c1ccc(-c2nc(-c3ccc(-c4cccc5ccc6c7ccccc7ccc6c45)cc3)nc(-c3cccc4oc5ccccc5c34)n2)cc1. The lowest BCUT2D eigenvalue weighted by molar-refractivity contribution is 0.669. The van der Waals surface area contributed by atoms with Crippen LogP contribution in [0.5, 0.6) is 0 Å². The Balaban J connectivity index is 1.14. The Morgan fingerprint density at radius 2 is 0.898 bits per heavy atom. The number of hydrogen-bond donors (Lipinski definition) is 0. The van der Waals surface area contributed by atoms with Crippen LogP contribution in [0.4, 0.5) is 0 Å². The Hall–Kier alpha value is -6.65. The molecule has 0 saturated carbocycles. The smallest absolute Gasteiger partial charge is 0.164 e. The molecule has 4 heteroatoms. The van der Waals surface area contributed by atoms with Crippen molar-refractivity contribution in [3.63, 3.8) is 0 Å². The lowest BCUT2D eigenvalue weighted by atomic mass is 9.91. The van der Waals surface area contributed by atoms with E-state index in [9.17, 15) is 0 Å². The first-order chi connectivity index (χ1) is 24.3. The molecule has 0 aliphatic carbocycles. The van der Waals surface area contributed by atoms with Crippen molar-refractivity contribution < 1.29 is 4.42 Å². The summed E-state index contributed by atoms with van der Waals surface area (Å²) in [6, 6.07) is 57.0. The zero-order valence-corrected chi connectivity index (χ0v) is 26.3. The molecule has 0 bridgehead atoms. The number of fused-ring (bicyclic) bond motifs is 8.